The van der Waals surface area contributed by atoms with Crippen molar-refractivity contribution in [2.45, 2.75) is 101 Å². The number of piperidine rings is 2. The Labute approximate surface area is 238 Å². The van der Waals surface area contributed by atoms with Crippen molar-refractivity contribution in [3.8, 4) is 0 Å². The number of likely N-dealkylation sites (tertiary alicyclic amines) is 1. The Hall–Kier alpha value is -2.74. The van der Waals surface area contributed by atoms with Crippen LogP contribution in [-0.4, -0.2) is 73.7 Å². The zero-order valence-corrected chi connectivity index (χ0v) is 24.3. The first-order valence-corrected chi connectivity index (χ1v) is 15.2. The van der Waals surface area contributed by atoms with Crippen LogP contribution >= 0.6 is 0 Å². The van der Waals surface area contributed by atoms with Gasteiger partial charge in [0.2, 0.25) is 5.91 Å². The molecule has 3 saturated heterocycles. The largest absolute Gasteiger partial charge is 0.388 e. The normalized spacial score (nSPS) is 25.8. The van der Waals surface area contributed by atoms with Crippen molar-refractivity contribution in [2.24, 2.45) is 5.73 Å². The summed E-state index contributed by atoms with van der Waals surface area (Å²) in [5.41, 5.74) is 8.71. The summed E-state index contributed by atoms with van der Waals surface area (Å²) in [4.78, 5) is 22.6. The maximum Gasteiger partial charge on any atom is 0.242 e. The van der Waals surface area contributed by atoms with Gasteiger partial charge in [-0.1, -0.05) is 42.5 Å². The second kappa shape index (κ2) is 10.6. The molecule has 3 aromatic rings. The first kappa shape index (κ1) is 27.4. The molecule has 3 aliphatic rings. The van der Waals surface area contributed by atoms with Gasteiger partial charge in [-0.3, -0.25) is 9.69 Å². The molecule has 4 atom stereocenters. The molecule has 1 aromatic heterocycles. The fourth-order valence-electron chi connectivity index (χ4n) is 7.92. The summed E-state index contributed by atoms with van der Waals surface area (Å²) >= 11 is 0. The van der Waals surface area contributed by atoms with Crippen LogP contribution in [0.1, 0.15) is 76.2 Å². The Morgan fingerprint density at radius 1 is 1.02 bits per heavy atom. The number of aliphatic hydroxyl groups is 1. The molecule has 7 nitrogen and oxygen atoms in total. The standard InChI is InChI=1S/C33H45N5O2/c1-23-35-28-11-7-8-12-29(28)38(23)27-21-25-13-14-26(22-27)37(25)20-17-33(24-9-5-4-6-10-24)15-18-36(19-16-33)31(39)30(34)32(2,3)40/h4-12,25-27,30,40H,13-22,34H2,1-3H3/t25-,26+,27?,30-/m1/s1. The van der Waals surface area contributed by atoms with E-state index in [-0.39, 0.29) is 11.3 Å². The van der Waals surface area contributed by atoms with E-state index >= 15 is 0 Å². The molecular weight excluding hydrogens is 498 g/mol. The van der Waals surface area contributed by atoms with Gasteiger partial charge in [0.15, 0.2) is 0 Å². The van der Waals surface area contributed by atoms with E-state index in [9.17, 15) is 9.90 Å². The highest BCUT2D eigenvalue weighted by atomic mass is 16.3. The average Bonchev–Trinajstić information content (AvgIpc) is 3.41. The Kier molecular flexibility index (Phi) is 7.26. The lowest BCUT2D eigenvalue weighted by Crippen LogP contribution is -2.57. The minimum Gasteiger partial charge on any atom is -0.388 e. The molecule has 2 aromatic carbocycles. The van der Waals surface area contributed by atoms with Gasteiger partial charge in [0.25, 0.3) is 0 Å². The average molecular weight is 544 g/mol. The van der Waals surface area contributed by atoms with Crippen LogP contribution in [0.4, 0.5) is 0 Å². The minimum atomic E-state index is -1.22. The number of rotatable bonds is 7. The van der Waals surface area contributed by atoms with E-state index in [1.807, 2.05) is 4.90 Å². The van der Waals surface area contributed by atoms with E-state index in [1.54, 1.807) is 13.8 Å². The van der Waals surface area contributed by atoms with Gasteiger partial charge in [-0.15, -0.1) is 0 Å². The van der Waals surface area contributed by atoms with Crippen molar-refractivity contribution >= 4 is 16.9 Å². The predicted octanol–water partition coefficient (Wildman–Crippen LogP) is 4.56. The van der Waals surface area contributed by atoms with E-state index in [2.05, 4.69) is 71.0 Å². The van der Waals surface area contributed by atoms with E-state index < -0.39 is 11.6 Å². The SMILES string of the molecule is Cc1nc2ccccc2n1C1C[C@H]2CC[C@@H](C1)N2CCC1(c2ccccc2)CCN(C(=O)[C@@H](N)C(C)(C)O)CC1. The van der Waals surface area contributed by atoms with E-state index in [0.717, 1.165) is 37.1 Å². The molecule has 0 spiro atoms. The summed E-state index contributed by atoms with van der Waals surface area (Å²) in [6.07, 6.45) is 7.88. The van der Waals surface area contributed by atoms with Crippen molar-refractivity contribution in [1.82, 2.24) is 19.4 Å². The van der Waals surface area contributed by atoms with Crippen LogP contribution in [0.5, 0.6) is 0 Å². The highest BCUT2D eigenvalue weighted by Gasteiger charge is 2.45. The molecule has 6 rings (SSSR count). The molecule has 2 bridgehead atoms. The summed E-state index contributed by atoms with van der Waals surface area (Å²) in [5, 5.41) is 10.3. The Morgan fingerprint density at radius 2 is 1.65 bits per heavy atom. The van der Waals surface area contributed by atoms with Crippen LogP contribution in [0.2, 0.25) is 0 Å². The van der Waals surface area contributed by atoms with Crippen LogP contribution in [0.3, 0.4) is 0 Å². The second-order valence-corrected chi connectivity index (χ2v) is 13.1. The molecule has 0 aliphatic carbocycles. The monoisotopic (exact) mass is 543 g/mol. The zero-order chi connectivity index (χ0) is 28.1. The van der Waals surface area contributed by atoms with Gasteiger partial charge in [0, 0.05) is 31.2 Å². The number of aromatic nitrogens is 2. The third-order valence-electron chi connectivity index (χ3n) is 10.3. The van der Waals surface area contributed by atoms with Gasteiger partial charge in [-0.05, 0) is 95.4 Å². The summed E-state index contributed by atoms with van der Waals surface area (Å²) in [7, 11) is 0. The highest BCUT2D eigenvalue weighted by molar-refractivity contribution is 5.83. The third-order valence-corrected chi connectivity index (χ3v) is 10.3. The summed E-state index contributed by atoms with van der Waals surface area (Å²) in [5.74, 6) is 0.990. The number of imidazole rings is 1. The van der Waals surface area contributed by atoms with Crippen molar-refractivity contribution in [3.63, 3.8) is 0 Å². The molecule has 1 amide bonds. The lowest BCUT2D eigenvalue weighted by atomic mass is 9.70. The number of fused-ring (bicyclic) bond motifs is 3. The van der Waals surface area contributed by atoms with Crippen molar-refractivity contribution < 1.29 is 9.90 Å². The number of benzene rings is 2. The Bertz CT molecular complexity index is 1320. The summed E-state index contributed by atoms with van der Waals surface area (Å²) in [6.45, 7) is 7.84. The van der Waals surface area contributed by atoms with E-state index in [1.165, 1.54) is 36.8 Å². The van der Waals surface area contributed by atoms with E-state index in [0.29, 0.717) is 31.2 Å². The number of nitrogens with zero attached hydrogens (tertiary/aromatic N) is 4. The Balaban J connectivity index is 1.16. The first-order chi connectivity index (χ1) is 19.2. The van der Waals surface area contributed by atoms with Crippen LogP contribution in [0.15, 0.2) is 54.6 Å². The number of amides is 1. The van der Waals surface area contributed by atoms with Gasteiger partial charge >= 0.3 is 0 Å². The number of para-hydroxylation sites is 2. The van der Waals surface area contributed by atoms with Gasteiger partial charge < -0.3 is 20.3 Å². The maximum atomic E-state index is 13.1. The molecule has 3 N–H and O–H groups in total. The first-order valence-electron chi connectivity index (χ1n) is 15.2. The molecule has 1 unspecified atom stereocenters. The maximum absolute atomic E-state index is 13.1. The summed E-state index contributed by atoms with van der Waals surface area (Å²) in [6, 6.07) is 20.3. The minimum absolute atomic E-state index is 0.0459. The number of carbonyl (C=O) groups is 1. The van der Waals surface area contributed by atoms with Gasteiger partial charge in [0.05, 0.1) is 16.6 Å². The number of nitrogens with two attached hydrogens (primary N) is 1. The molecule has 40 heavy (non-hydrogen) atoms. The zero-order valence-electron chi connectivity index (χ0n) is 24.3. The molecule has 0 saturated carbocycles. The van der Waals surface area contributed by atoms with Crippen LogP contribution < -0.4 is 5.73 Å². The number of carbonyl (C=O) groups excluding carboxylic acids is 1. The van der Waals surface area contributed by atoms with Gasteiger partial charge in [-0.25, -0.2) is 4.98 Å². The van der Waals surface area contributed by atoms with Crippen LogP contribution in [0, 0.1) is 6.92 Å². The van der Waals surface area contributed by atoms with Crippen molar-refractivity contribution in [3.05, 3.63) is 66.0 Å². The molecule has 3 aliphatic heterocycles. The quantitative estimate of drug-likeness (QED) is 0.456. The molecule has 4 heterocycles. The number of hydrogen-bond acceptors (Lipinski definition) is 5. The molecule has 7 heteroatoms. The Morgan fingerprint density at radius 3 is 2.30 bits per heavy atom. The van der Waals surface area contributed by atoms with Crippen LogP contribution in [0.25, 0.3) is 11.0 Å². The van der Waals surface area contributed by atoms with E-state index in [4.69, 9.17) is 10.7 Å². The number of aryl methyl sites for hydroxylation is 1. The predicted molar refractivity (Wildman–Crippen MR) is 159 cm³/mol. The van der Waals surface area contributed by atoms with Crippen LogP contribution in [-0.2, 0) is 10.2 Å². The molecule has 3 fully saturated rings. The molecule has 214 valence electrons. The fourth-order valence-corrected chi connectivity index (χ4v) is 7.92. The highest BCUT2D eigenvalue weighted by Crippen LogP contribution is 2.45. The summed E-state index contributed by atoms with van der Waals surface area (Å²) < 4.78 is 2.51. The van der Waals surface area contributed by atoms with Gasteiger partial charge in [-0.2, -0.15) is 0 Å². The van der Waals surface area contributed by atoms with Gasteiger partial charge in [0.1, 0.15) is 11.9 Å². The topological polar surface area (TPSA) is 87.6 Å². The smallest absolute Gasteiger partial charge is 0.242 e. The second-order valence-electron chi connectivity index (χ2n) is 13.1. The van der Waals surface area contributed by atoms with Crippen molar-refractivity contribution in [1.29, 1.82) is 0 Å². The molecule has 0 radical (unpaired) electrons. The number of hydrogen-bond donors (Lipinski definition) is 2. The lowest BCUT2D eigenvalue weighted by Gasteiger charge is -2.46. The fraction of sp³-hybridized carbons (Fsp3) is 0.576. The lowest BCUT2D eigenvalue weighted by molar-refractivity contribution is -0.139. The van der Waals surface area contributed by atoms with Crippen molar-refractivity contribution in [2.75, 3.05) is 19.6 Å². The molecular formula is C33H45N5O2. The third kappa shape index (κ3) is 4.97.